The Hall–Kier alpha value is -0.830. The maximum atomic E-state index is 6.40. The zero-order valence-corrected chi connectivity index (χ0v) is 10.7. The van der Waals surface area contributed by atoms with Crippen molar-refractivity contribution in [3.8, 4) is 0 Å². The molecule has 1 aromatic rings. The van der Waals surface area contributed by atoms with Gasteiger partial charge in [-0.1, -0.05) is 12.8 Å². The van der Waals surface area contributed by atoms with Crippen molar-refractivity contribution < 1.29 is 0 Å². The third-order valence-corrected chi connectivity index (χ3v) is 4.78. The minimum Gasteiger partial charge on any atom is -0.335 e. The zero-order chi connectivity index (χ0) is 11.8. The van der Waals surface area contributed by atoms with Gasteiger partial charge in [0.05, 0.1) is 0 Å². The molecule has 0 radical (unpaired) electrons. The number of hydrogen-bond donors (Lipinski definition) is 1. The first-order valence-electron chi connectivity index (χ1n) is 7.07. The van der Waals surface area contributed by atoms with E-state index in [0.717, 1.165) is 30.7 Å². The van der Waals surface area contributed by atoms with Crippen LogP contribution >= 0.6 is 0 Å². The molecule has 1 heterocycles. The molecule has 3 atom stereocenters. The fourth-order valence-electron chi connectivity index (χ4n) is 3.85. The highest BCUT2D eigenvalue weighted by molar-refractivity contribution is 5.07. The molecule has 17 heavy (non-hydrogen) atoms. The molecule has 0 bridgehead atoms. The van der Waals surface area contributed by atoms with Crippen molar-refractivity contribution in [2.45, 2.75) is 51.6 Å². The average molecular weight is 233 g/mol. The van der Waals surface area contributed by atoms with Gasteiger partial charge in [0.25, 0.3) is 0 Å². The number of nitrogens with two attached hydrogens (primary N) is 1. The van der Waals surface area contributed by atoms with Gasteiger partial charge in [-0.3, -0.25) is 0 Å². The van der Waals surface area contributed by atoms with E-state index >= 15 is 0 Å². The van der Waals surface area contributed by atoms with E-state index in [0.29, 0.717) is 6.04 Å². The molecule has 3 rings (SSSR count). The lowest BCUT2D eigenvalue weighted by molar-refractivity contribution is 0.480. The van der Waals surface area contributed by atoms with Crippen LogP contribution in [-0.2, 0) is 13.0 Å². The van der Waals surface area contributed by atoms with Crippen LogP contribution in [0.15, 0.2) is 12.4 Å². The molecule has 0 aliphatic heterocycles. The monoisotopic (exact) mass is 233 g/mol. The third-order valence-electron chi connectivity index (χ3n) is 4.78. The number of hydrogen-bond acceptors (Lipinski definition) is 2. The number of rotatable bonds is 4. The van der Waals surface area contributed by atoms with Gasteiger partial charge in [0, 0.05) is 31.4 Å². The summed E-state index contributed by atoms with van der Waals surface area (Å²) in [6.07, 6.45) is 10.6. The summed E-state index contributed by atoms with van der Waals surface area (Å²) in [5.41, 5.74) is 6.40. The van der Waals surface area contributed by atoms with Crippen LogP contribution in [0.25, 0.3) is 0 Å². The quantitative estimate of drug-likeness (QED) is 0.866. The highest BCUT2D eigenvalue weighted by Gasteiger charge is 2.53. The maximum Gasteiger partial charge on any atom is 0.110 e. The first kappa shape index (κ1) is 11.3. The molecule has 2 saturated carbocycles. The van der Waals surface area contributed by atoms with Crippen LogP contribution in [0.1, 0.15) is 38.4 Å². The fraction of sp³-hybridized carbons (Fsp3) is 0.786. The molecule has 0 aromatic carbocycles. The predicted molar refractivity (Wildman–Crippen MR) is 68.5 cm³/mol. The molecule has 3 unspecified atom stereocenters. The lowest BCUT2D eigenvalue weighted by Crippen LogP contribution is -2.28. The van der Waals surface area contributed by atoms with E-state index in [9.17, 15) is 0 Å². The van der Waals surface area contributed by atoms with Gasteiger partial charge in [-0.2, -0.15) is 0 Å². The van der Waals surface area contributed by atoms with Gasteiger partial charge in [0.2, 0.25) is 0 Å². The Kier molecular flexibility index (Phi) is 2.95. The van der Waals surface area contributed by atoms with Crippen molar-refractivity contribution in [1.29, 1.82) is 0 Å². The van der Waals surface area contributed by atoms with Crippen molar-refractivity contribution in [2.24, 2.45) is 23.5 Å². The standard InChI is InChI=1S/C14H23N3/c1-2-17-8-7-16-13(17)9-12(15)14-10-5-3-4-6-11(10)14/h7-8,10-12,14H,2-6,9,15H2,1H3. The molecule has 2 fully saturated rings. The van der Waals surface area contributed by atoms with E-state index in [-0.39, 0.29) is 0 Å². The van der Waals surface area contributed by atoms with E-state index in [2.05, 4.69) is 22.7 Å². The molecule has 0 saturated heterocycles. The highest BCUT2D eigenvalue weighted by Crippen LogP contribution is 2.56. The van der Waals surface area contributed by atoms with Gasteiger partial charge >= 0.3 is 0 Å². The number of nitrogens with zero attached hydrogens (tertiary/aromatic N) is 2. The highest BCUT2D eigenvalue weighted by atomic mass is 15.1. The van der Waals surface area contributed by atoms with Crippen LogP contribution in [0.5, 0.6) is 0 Å². The minimum atomic E-state index is 0.329. The van der Waals surface area contributed by atoms with Crippen LogP contribution < -0.4 is 5.73 Å². The molecule has 1 aromatic heterocycles. The number of aromatic nitrogens is 2. The summed E-state index contributed by atoms with van der Waals surface area (Å²) in [6.45, 7) is 3.16. The Bertz CT molecular complexity index is 373. The normalized spacial score (nSPS) is 33.2. The maximum absolute atomic E-state index is 6.40. The second-order valence-electron chi connectivity index (χ2n) is 5.69. The van der Waals surface area contributed by atoms with Crippen molar-refractivity contribution in [2.75, 3.05) is 0 Å². The smallest absolute Gasteiger partial charge is 0.110 e. The Morgan fingerprint density at radius 2 is 2.12 bits per heavy atom. The Morgan fingerprint density at radius 1 is 1.41 bits per heavy atom. The summed E-state index contributed by atoms with van der Waals surface area (Å²) in [7, 11) is 0. The summed E-state index contributed by atoms with van der Waals surface area (Å²) in [4.78, 5) is 4.44. The summed E-state index contributed by atoms with van der Waals surface area (Å²) in [5, 5.41) is 0. The second-order valence-corrected chi connectivity index (χ2v) is 5.69. The first-order valence-corrected chi connectivity index (χ1v) is 7.07. The Balaban J connectivity index is 1.62. The number of aryl methyl sites for hydroxylation is 1. The topological polar surface area (TPSA) is 43.8 Å². The number of fused-ring (bicyclic) bond motifs is 1. The van der Waals surface area contributed by atoms with Crippen molar-refractivity contribution in [3.05, 3.63) is 18.2 Å². The molecule has 0 amide bonds. The first-order chi connectivity index (χ1) is 8.31. The van der Waals surface area contributed by atoms with E-state index < -0.39 is 0 Å². The van der Waals surface area contributed by atoms with Crippen molar-refractivity contribution in [1.82, 2.24) is 9.55 Å². The number of imidazole rings is 1. The SMILES string of the molecule is CCn1ccnc1CC(N)C1C2CCCCC21. The Labute approximate surface area is 103 Å². The van der Waals surface area contributed by atoms with Gasteiger partial charge < -0.3 is 10.3 Å². The molecule has 2 aliphatic rings. The largest absolute Gasteiger partial charge is 0.335 e. The molecule has 3 heteroatoms. The van der Waals surface area contributed by atoms with Crippen molar-refractivity contribution in [3.63, 3.8) is 0 Å². The fourth-order valence-corrected chi connectivity index (χ4v) is 3.85. The van der Waals surface area contributed by atoms with Crippen LogP contribution in [-0.4, -0.2) is 15.6 Å². The molecule has 2 N–H and O–H groups in total. The second kappa shape index (κ2) is 4.45. The molecular weight excluding hydrogens is 210 g/mol. The van der Waals surface area contributed by atoms with E-state index in [1.54, 1.807) is 0 Å². The van der Waals surface area contributed by atoms with Crippen molar-refractivity contribution >= 4 is 0 Å². The molecule has 3 nitrogen and oxygen atoms in total. The van der Waals surface area contributed by atoms with Gasteiger partial charge in [0.15, 0.2) is 0 Å². The van der Waals surface area contributed by atoms with E-state index in [4.69, 9.17) is 5.73 Å². The van der Waals surface area contributed by atoms with Crippen LogP contribution in [0.4, 0.5) is 0 Å². The molecule has 2 aliphatic carbocycles. The minimum absolute atomic E-state index is 0.329. The molecule has 94 valence electrons. The van der Waals surface area contributed by atoms with E-state index in [1.165, 1.54) is 31.5 Å². The summed E-state index contributed by atoms with van der Waals surface area (Å²) >= 11 is 0. The summed E-state index contributed by atoms with van der Waals surface area (Å²) in [6, 6.07) is 0.329. The van der Waals surface area contributed by atoms with Gasteiger partial charge in [-0.15, -0.1) is 0 Å². The van der Waals surface area contributed by atoms with Gasteiger partial charge in [0.1, 0.15) is 5.82 Å². The predicted octanol–water partition coefficient (Wildman–Crippen LogP) is 2.21. The van der Waals surface area contributed by atoms with Crippen LogP contribution in [0, 0.1) is 17.8 Å². The summed E-state index contributed by atoms with van der Waals surface area (Å²) < 4.78 is 2.21. The van der Waals surface area contributed by atoms with Crippen LogP contribution in [0.2, 0.25) is 0 Å². The lowest BCUT2D eigenvalue weighted by Gasteiger charge is -2.12. The van der Waals surface area contributed by atoms with Crippen LogP contribution in [0.3, 0.4) is 0 Å². The van der Waals surface area contributed by atoms with Gasteiger partial charge in [-0.05, 0) is 37.5 Å². The van der Waals surface area contributed by atoms with E-state index in [1.807, 2.05) is 6.20 Å². The third kappa shape index (κ3) is 2.01. The molecular formula is C14H23N3. The Morgan fingerprint density at radius 3 is 2.76 bits per heavy atom. The van der Waals surface area contributed by atoms with Gasteiger partial charge in [-0.25, -0.2) is 4.98 Å². The lowest BCUT2D eigenvalue weighted by atomic mass is 10.0. The summed E-state index contributed by atoms with van der Waals surface area (Å²) in [5.74, 6) is 3.86. The zero-order valence-electron chi connectivity index (χ0n) is 10.7. The average Bonchev–Trinajstić information content (AvgIpc) is 2.92. The molecule has 0 spiro atoms.